The van der Waals surface area contributed by atoms with Gasteiger partial charge in [0.2, 0.25) is 5.91 Å². The molecule has 3 fully saturated rings. The number of nitrogens with two attached hydrogens (primary N) is 1. The van der Waals surface area contributed by atoms with Crippen LogP contribution in [0.5, 0.6) is 0 Å². The summed E-state index contributed by atoms with van der Waals surface area (Å²) in [7, 11) is -4.08. The van der Waals surface area contributed by atoms with Crippen LogP contribution in [0, 0.1) is 16.7 Å². The number of carbonyl (C=O) groups excluding carboxylic acids is 2. The molecule has 9 heteroatoms. The molecule has 1 saturated heterocycles. The van der Waals surface area contributed by atoms with Crippen LogP contribution >= 0.6 is 0 Å². The van der Waals surface area contributed by atoms with Gasteiger partial charge in [-0.3, -0.25) is 14.1 Å². The molecule has 2 saturated carbocycles. The summed E-state index contributed by atoms with van der Waals surface area (Å²) in [5, 5.41) is 6.44. The van der Waals surface area contributed by atoms with Gasteiger partial charge in [-0.2, -0.15) is 8.42 Å². The summed E-state index contributed by atoms with van der Waals surface area (Å²) >= 11 is 0. The molecular weight excluding hydrogens is 382 g/mol. The fraction of sp³-hybridized carbons (Fsp3) is 0.895. The van der Waals surface area contributed by atoms with Crippen LogP contribution < -0.4 is 16.4 Å². The molecule has 0 aromatic carbocycles. The molecule has 2 atom stereocenters. The normalized spacial score (nSPS) is 28.0. The zero-order chi connectivity index (χ0) is 21.4. The van der Waals surface area contributed by atoms with Crippen LogP contribution in [0.25, 0.3) is 0 Å². The van der Waals surface area contributed by atoms with Gasteiger partial charge in [-0.1, -0.05) is 27.2 Å². The summed E-state index contributed by atoms with van der Waals surface area (Å²) in [6.45, 7) is 10.5. The van der Waals surface area contributed by atoms with Crippen LogP contribution in [0.3, 0.4) is 0 Å². The Balaban J connectivity index is 0.000000250. The minimum Gasteiger partial charge on any atom is -0.370 e. The monoisotopic (exact) mass is 419 g/mol. The van der Waals surface area contributed by atoms with E-state index in [-0.39, 0.29) is 23.0 Å². The minimum absolute atomic E-state index is 0.0152. The molecular formula is C19H37N3O5S. The molecule has 2 bridgehead atoms. The molecule has 0 aromatic heterocycles. The Morgan fingerprint density at radius 3 is 2.00 bits per heavy atom. The van der Waals surface area contributed by atoms with Gasteiger partial charge in [0.15, 0.2) is 0 Å². The van der Waals surface area contributed by atoms with E-state index in [1.807, 2.05) is 20.8 Å². The molecule has 3 aliphatic rings. The number of Topliss-reactive ketones (excluding diaryl/α,β-unsaturated/α-hetero) is 1. The van der Waals surface area contributed by atoms with Gasteiger partial charge in [-0.15, -0.1) is 0 Å². The van der Waals surface area contributed by atoms with Crippen molar-refractivity contribution >= 4 is 21.8 Å². The molecule has 0 aromatic rings. The summed E-state index contributed by atoms with van der Waals surface area (Å²) in [6.07, 6.45) is 4.48. The maximum Gasteiger partial charge on any atom is 0.265 e. The standard InChI is InChI=1S/C10H16O4S.C5H11NO.C4H10N2/c1-9(2)7-3-4-10(9,8(11)5-7)6-15(12,13)14;1-2-3-4-5(6)7;1-2-6-4-3-5-1/h7H,3-6H2,1-2H3,(H,12,13,14);2-4H2,1H3,(H2,6,7);5-6H,1-4H2/t7?,10-;;/m1../s1. The van der Waals surface area contributed by atoms with Gasteiger partial charge in [0.25, 0.3) is 10.1 Å². The lowest BCUT2D eigenvalue weighted by Gasteiger charge is -2.35. The largest absolute Gasteiger partial charge is 0.370 e. The Kier molecular flexibility index (Phi) is 9.52. The van der Waals surface area contributed by atoms with Gasteiger partial charge >= 0.3 is 0 Å². The number of piperazine rings is 1. The second-order valence-corrected chi connectivity index (χ2v) is 9.92. The van der Waals surface area contributed by atoms with Crippen molar-refractivity contribution in [3.63, 3.8) is 0 Å². The highest BCUT2D eigenvalue weighted by Gasteiger charge is 2.65. The average molecular weight is 420 g/mol. The summed E-state index contributed by atoms with van der Waals surface area (Å²) in [6, 6.07) is 0. The van der Waals surface area contributed by atoms with Crippen LogP contribution in [-0.2, 0) is 19.7 Å². The first-order valence-corrected chi connectivity index (χ1v) is 11.8. The molecule has 0 spiro atoms. The van der Waals surface area contributed by atoms with Crippen molar-refractivity contribution in [3.05, 3.63) is 0 Å². The Bertz CT molecular complexity index is 620. The number of carbonyl (C=O) groups is 2. The Hall–Kier alpha value is -1.03. The van der Waals surface area contributed by atoms with Crippen molar-refractivity contribution < 1.29 is 22.6 Å². The van der Waals surface area contributed by atoms with Crippen LogP contribution in [0.2, 0.25) is 0 Å². The molecule has 164 valence electrons. The highest BCUT2D eigenvalue weighted by Crippen LogP contribution is 2.64. The Labute approximate surface area is 169 Å². The van der Waals surface area contributed by atoms with Crippen LogP contribution in [0.4, 0.5) is 0 Å². The molecule has 1 aliphatic heterocycles. The zero-order valence-corrected chi connectivity index (χ0v) is 18.2. The lowest BCUT2D eigenvalue weighted by Crippen LogP contribution is -2.42. The van der Waals surface area contributed by atoms with Gasteiger partial charge in [-0.25, -0.2) is 0 Å². The first-order chi connectivity index (χ1) is 13.0. The lowest BCUT2D eigenvalue weighted by atomic mass is 9.70. The number of hydrogen-bond donors (Lipinski definition) is 4. The van der Waals surface area contributed by atoms with Crippen molar-refractivity contribution in [2.24, 2.45) is 22.5 Å². The number of fused-ring (bicyclic) bond motifs is 2. The lowest BCUT2D eigenvalue weighted by molar-refractivity contribution is -0.128. The smallest absolute Gasteiger partial charge is 0.265 e. The zero-order valence-electron chi connectivity index (χ0n) is 17.4. The molecule has 28 heavy (non-hydrogen) atoms. The van der Waals surface area contributed by atoms with Crippen LogP contribution in [-0.4, -0.2) is 56.6 Å². The molecule has 2 aliphatic carbocycles. The van der Waals surface area contributed by atoms with Gasteiger partial charge in [-0.05, 0) is 30.6 Å². The highest BCUT2D eigenvalue weighted by atomic mass is 32.2. The van der Waals surface area contributed by atoms with E-state index in [1.165, 1.54) is 0 Å². The van der Waals surface area contributed by atoms with E-state index in [1.54, 1.807) is 0 Å². The fourth-order valence-electron chi connectivity index (χ4n) is 4.37. The number of hydrogen-bond acceptors (Lipinski definition) is 6. The number of ketones is 1. The van der Waals surface area contributed by atoms with E-state index in [0.717, 1.165) is 45.4 Å². The quantitative estimate of drug-likeness (QED) is 0.490. The van der Waals surface area contributed by atoms with Gasteiger partial charge < -0.3 is 16.4 Å². The van der Waals surface area contributed by atoms with Gasteiger partial charge in [0.1, 0.15) is 5.78 Å². The predicted octanol–water partition coefficient (Wildman–Crippen LogP) is 1.11. The first-order valence-electron chi connectivity index (χ1n) is 10.1. The van der Waals surface area contributed by atoms with Crippen molar-refractivity contribution in [2.45, 2.75) is 59.3 Å². The van der Waals surface area contributed by atoms with Crippen LogP contribution in [0.15, 0.2) is 0 Å². The third-order valence-electron chi connectivity index (χ3n) is 6.30. The summed E-state index contributed by atoms with van der Waals surface area (Å²) in [5.41, 5.74) is 3.72. The van der Waals surface area contributed by atoms with Crippen molar-refractivity contribution in [1.82, 2.24) is 10.6 Å². The number of primary amides is 1. The molecule has 8 nitrogen and oxygen atoms in total. The highest BCUT2D eigenvalue weighted by molar-refractivity contribution is 7.85. The molecule has 3 rings (SSSR count). The molecule has 5 N–H and O–H groups in total. The first kappa shape index (κ1) is 25.0. The average Bonchev–Trinajstić information content (AvgIpc) is 2.95. The maximum absolute atomic E-state index is 11.9. The third-order valence-corrected chi connectivity index (χ3v) is 7.16. The van der Waals surface area contributed by atoms with Gasteiger partial charge in [0, 0.05) is 39.0 Å². The predicted molar refractivity (Wildman–Crippen MR) is 109 cm³/mol. The van der Waals surface area contributed by atoms with E-state index in [9.17, 15) is 18.0 Å². The Morgan fingerprint density at radius 1 is 1.21 bits per heavy atom. The van der Waals surface area contributed by atoms with Gasteiger partial charge in [0.05, 0.1) is 11.2 Å². The van der Waals surface area contributed by atoms with E-state index < -0.39 is 21.3 Å². The number of rotatable bonds is 5. The van der Waals surface area contributed by atoms with E-state index >= 15 is 0 Å². The summed E-state index contributed by atoms with van der Waals surface area (Å²) < 4.78 is 31.0. The fourth-order valence-corrected chi connectivity index (χ4v) is 5.67. The molecule has 1 heterocycles. The third kappa shape index (κ3) is 6.79. The second-order valence-electron chi connectivity index (χ2n) is 8.46. The second kappa shape index (κ2) is 10.7. The Morgan fingerprint density at radius 2 is 1.75 bits per heavy atom. The van der Waals surface area contributed by atoms with E-state index in [2.05, 4.69) is 10.6 Å². The molecule has 0 radical (unpaired) electrons. The molecule has 1 unspecified atom stereocenters. The summed E-state index contributed by atoms with van der Waals surface area (Å²) in [4.78, 5) is 21.9. The number of unbranched alkanes of at least 4 members (excludes halogenated alkanes) is 1. The van der Waals surface area contributed by atoms with Crippen molar-refractivity contribution in [3.8, 4) is 0 Å². The van der Waals surface area contributed by atoms with E-state index in [4.69, 9.17) is 10.3 Å². The minimum atomic E-state index is -4.08. The topological polar surface area (TPSA) is 139 Å². The summed E-state index contributed by atoms with van der Waals surface area (Å²) in [5.74, 6) is -0.294. The van der Waals surface area contributed by atoms with Crippen molar-refractivity contribution in [2.75, 3.05) is 31.9 Å². The maximum atomic E-state index is 11.9. The van der Waals surface area contributed by atoms with Crippen molar-refractivity contribution in [1.29, 1.82) is 0 Å². The van der Waals surface area contributed by atoms with Crippen LogP contribution in [0.1, 0.15) is 59.3 Å². The number of nitrogens with one attached hydrogen (secondary N) is 2. The number of amides is 1. The SMILES string of the molecule is C1CNCCN1.CC1(C)C2CC[C@@]1(CS(=O)(=O)O)C(=O)C2.CCCCC(N)=O. The molecule has 1 amide bonds. The van der Waals surface area contributed by atoms with E-state index in [0.29, 0.717) is 19.3 Å².